The highest BCUT2D eigenvalue weighted by Crippen LogP contribution is 2.38. The summed E-state index contributed by atoms with van der Waals surface area (Å²) >= 11 is 6.66. The number of thiazole rings is 1. The lowest BCUT2D eigenvalue weighted by Crippen LogP contribution is -1.73. The van der Waals surface area contributed by atoms with Gasteiger partial charge in [-0.2, -0.15) is 5.26 Å². The van der Waals surface area contributed by atoms with E-state index in [-0.39, 0.29) is 0 Å². The van der Waals surface area contributed by atoms with Crippen molar-refractivity contribution < 1.29 is 0 Å². The Balaban J connectivity index is 2.54. The molecule has 2 aromatic heterocycles. The van der Waals surface area contributed by atoms with Gasteiger partial charge in [-0.3, -0.25) is 0 Å². The first kappa shape index (κ1) is 10.8. The number of halogens is 1. The van der Waals surface area contributed by atoms with E-state index in [1.807, 2.05) is 6.92 Å². The second kappa shape index (κ2) is 4.05. The number of thiophene rings is 1. The highest BCUT2D eigenvalue weighted by molar-refractivity contribution is 9.10. The van der Waals surface area contributed by atoms with Gasteiger partial charge < -0.3 is 0 Å². The van der Waals surface area contributed by atoms with Crippen molar-refractivity contribution in [3.8, 4) is 15.8 Å². The van der Waals surface area contributed by atoms with Crippen molar-refractivity contribution in [3.63, 3.8) is 0 Å². The normalized spacial score (nSPS) is 10.3. The van der Waals surface area contributed by atoms with Crippen LogP contribution in [0.2, 0.25) is 0 Å². The molecule has 0 unspecified atom stereocenters. The Morgan fingerprint density at radius 1 is 1.40 bits per heavy atom. The van der Waals surface area contributed by atoms with Crippen LogP contribution in [0, 0.1) is 25.2 Å². The molecule has 0 saturated carbocycles. The van der Waals surface area contributed by atoms with E-state index in [0.29, 0.717) is 5.01 Å². The molecule has 0 aliphatic carbocycles. The van der Waals surface area contributed by atoms with Crippen molar-refractivity contribution in [2.45, 2.75) is 13.8 Å². The number of aromatic nitrogens is 1. The Morgan fingerprint density at radius 2 is 2.13 bits per heavy atom. The van der Waals surface area contributed by atoms with Gasteiger partial charge in [0.1, 0.15) is 6.07 Å². The molecular weight excluding hydrogens is 292 g/mol. The Bertz CT molecular complexity index is 529. The van der Waals surface area contributed by atoms with Crippen LogP contribution in [-0.4, -0.2) is 4.98 Å². The molecule has 0 spiro atoms. The zero-order valence-electron chi connectivity index (χ0n) is 8.17. The molecule has 0 bridgehead atoms. The molecule has 76 valence electrons. The SMILES string of the molecule is Cc1nc(C#N)sc1-c1cc(Br)c(C)s1. The molecule has 0 fully saturated rings. The minimum Gasteiger partial charge on any atom is -0.231 e. The fourth-order valence-corrected chi connectivity index (χ4v) is 3.80. The average Bonchev–Trinajstić information content (AvgIpc) is 2.71. The number of nitrogens with zero attached hydrogens (tertiary/aromatic N) is 2. The number of nitriles is 1. The first-order valence-electron chi connectivity index (χ1n) is 4.25. The molecule has 0 aromatic carbocycles. The summed E-state index contributed by atoms with van der Waals surface area (Å²) in [5.41, 5.74) is 0.935. The molecule has 0 aliphatic rings. The van der Waals surface area contributed by atoms with Gasteiger partial charge in [-0.25, -0.2) is 4.98 Å². The van der Waals surface area contributed by atoms with E-state index < -0.39 is 0 Å². The molecule has 2 heterocycles. The standard InChI is InChI=1S/C10H7BrN2S2/c1-5-10(15-9(4-12)13-5)8-3-7(11)6(2)14-8/h3H,1-2H3. The van der Waals surface area contributed by atoms with Crippen LogP contribution in [0.3, 0.4) is 0 Å². The van der Waals surface area contributed by atoms with E-state index in [9.17, 15) is 0 Å². The number of hydrogen-bond acceptors (Lipinski definition) is 4. The lowest BCUT2D eigenvalue weighted by molar-refractivity contribution is 1.24. The van der Waals surface area contributed by atoms with Gasteiger partial charge in [-0.1, -0.05) is 0 Å². The first-order chi connectivity index (χ1) is 7.11. The van der Waals surface area contributed by atoms with Crippen LogP contribution in [0.1, 0.15) is 15.6 Å². The van der Waals surface area contributed by atoms with E-state index in [1.165, 1.54) is 21.1 Å². The van der Waals surface area contributed by atoms with Crippen molar-refractivity contribution in [2.24, 2.45) is 0 Å². The average molecular weight is 299 g/mol. The van der Waals surface area contributed by atoms with E-state index in [2.05, 4.69) is 40.0 Å². The number of aryl methyl sites for hydroxylation is 2. The summed E-state index contributed by atoms with van der Waals surface area (Å²) < 4.78 is 1.12. The predicted octanol–water partition coefficient (Wildman–Crippen LogP) is 4.12. The summed E-state index contributed by atoms with van der Waals surface area (Å²) in [7, 11) is 0. The maximum atomic E-state index is 8.77. The molecule has 0 saturated heterocycles. The monoisotopic (exact) mass is 298 g/mol. The molecule has 0 N–H and O–H groups in total. The third-order valence-electron chi connectivity index (χ3n) is 1.97. The topological polar surface area (TPSA) is 36.7 Å². The van der Waals surface area contributed by atoms with E-state index in [1.54, 1.807) is 11.3 Å². The number of rotatable bonds is 1. The summed E-state index contributed by atoms with van der Waals surface area (Å²) in [4.78, 5) is 7.72. The second-order valence-electron chi connectivity index (χ2n) is 3.06. The smallest absolute Gasteiger partial charge is 0.195 e. The van der Waals surface area contributed by atoms with Crippen molar-refractivity contribution in [2.75, 3.05) is 0 Å². The van der Waals surface area contributed by atoms with Gasteiger partial charge >= 0.3 is 0 Å². The third kappa shape index (κ3) is 1.98. The van der Waals surface area contributed by atoms with Gasteiger partial charge in [0.25, 0.3) is 0 Å². The lowest BCUT2D eigenvalue weighted by atomic mass is 10.3. The van der Waals surface area contributed by atoms with Gasteiger partial charge in [0.15, 0.2) is 5.01 Å². The van der Waals surface area contributed by atoms with Crippen LogP contribution >= 0.6 is 38.6 Å². The third-order valence-corrected chi connectivity index (χ3v) is 5.35. The molecule has 0 aliphatic heterocycles. The molecule has 2 nitrogen and oxygen atoms in total. The van der Waals surface area contributed by atoms with Gasteiger partial charge in [-0.15, -0.1) is 22.7 Å². The fraction of sp³-hybridized carbons (Fsp3) is 0.200. The molecule has 5 heteroatoms. The quantitative estimate of drug-likeness (QED) is 0.794. The molecule has 0 atom stereocenters. The summed E-state index contributed by atoms with van der Waals surface area (Å²) in [6.07, 6.45) is 0. The molecule has 15 heavy (non-hydrogen) atoms. The first-order valence-corrected chi connectivity index (χ1v) is 6.68. The van der Waals surface area contributed by atoms with Crippen LogP contribution in [0.15, 0.2) is 10.5 Å². The van der Waals surface area contributed by atoms with Gasteiger partial charge in [0.2, 0.25) is 0 Å². The summed E-state index contributed by atoms with van der Waals surface area (Å²) in [5.74, 6) is 0. The maximum absolute atomic E-state index is 8.77. The van der Waals surface area contributed by atoms with Crippen LogP contribution < -0.4 is 0 Å². The van der Waals surface area contributed by atoms with Crippen molar-refractivity contribution >= 4 is 38.6 Å². The van der Waals surface area contributed by atoms with Crippen LogP contribution in [0.25, 0.3) is 9.75 Å². The largest absolute Gasteiger partial charge is 0.231 e. The zero-order chi connectivity index (χ0) is 11.0. The molecule has 2 rings (SSSR count). The van der Waals surface area contributed by atoms with Gasteiger partial charge in [0, 0.05) is 14.2 Å². The molecular formula is C10H7BrN2S2. The zero-order valence-corrected chi connectivity index (χ0v) is 11.4. The Labute approximate surface area is 104 Å². The minimum atomic E-state index is 0.532. The van der Waals surface area contributed by atoms with Crippen LogP contribution in [0.4, 0.5) is 0 Å². The second-order valence-corrected chi connectivity index (χ2v) is 6.17. The van der Waals surface area contributed by atoms with E-state index in [0.717, 1.165) is 15.0 Å². The van der Waals surface area contributed by atoms with Gasteiger partial charge in [-0.05, 0) is 35.8 Å². The highest BCUT2D eigenvalue weighted by Gasteiger charge is 2.12. The van der Waals surface area contributed by atoms with Crippen LogP contribution in [0.5, 0.6) is 0 Å². The maximum Gasteiger partial charge on any atom is 0.195 e. The fourth-order valence-electron chi connectivity index (χ4n) is 1.24. The van der Waals surface area contributed by atoms with E-state index >= 15 is 0 Å². The predicted molar refractivity (Wildman–Crippen MR) is 67.3 cm³/mol. The Kier molecular flexibility index (Phi) is 2.91. The lowest BCUT2D eigenvalue weighted by Gasteiger charge is -1.90. The summed E-state index contributed by atoms with van der Waals surface area (Å²) in [6, 6.07) is 4.16. The summed E-state index contributed by atoms with van der Waals surface area (Å²) in [6.45, 7) is 4.01. The van der Waals surface area contributed by atoms with Crippen molar-refractivity contribution in [3.05, 3.63) is 26.1 Å². The Morgan fingerprint density at radius 3 is 2.60 bits per heavy atom. The van der Waals surface area contributed by atoms with Crippen LogP contribution in [-0.2, 0) is 0 Å². The Hall–Kier alpha value is -0.700. The van der Waals surface area contributed by atoms with E-state index in [4.69, 9.17) is 5.26 Å². The summed E-state index contributed by atoms with van der Waals surface area (Å²) in [5, 5.41) is 9.31. The molecule has 0 amide bonds. The molecule has 2 aromatic rings. The van der Waals surface area contributed by atoms with Crippen molar-refractivity contribution in [1.29, 1.82) is 5.26 Å². The minimum absolute atomic E-state index is 0.532. The number of hydrogen-bond donors (Lipinski definition) is 0. The van der Waals surface area contributed by atoms with Crippen molar-refractivity contribution in [1.82, 2.24) is 4.98 Å². The molecule has 0 radical (unpaired) electrons. The highest BCUT2D eigenvalue weighted by atomic mass is 79.9. The van der Waals surface area contributed by atoms with Gasteiger partial charge in [0.05, 0.1) is 10.6 Å².